The SMILES string of the molecule is CC(C)c1cc(C(=O)NC(C)c2cccs2)cc(N)n1. The van der Waals surface area contributed by atoms with Crippen molar-refractivity contribution in [3.05, 3.63) is 45.8 Å². The molecule has 0 aliphatic heterocycles. The van der Waals surface area contributed by atoms with Crippen LogP contribution in [-0.4, -0.2) is 10.9 Å². The number of hydrogen-bond acceptors (Lipinski definition) is 4. The summed E-state index contributed by atoms with van der Waals surface area (Å²) in [7, 11) is 0. The van der Waals surface area contributed by atoms with Gasteiger partial charge in [0, 0.05) is 16.1 Å². The van der Waals surface area contributed by atoms with Gasteiger partial charge in [0.05, 0.1) is 6.04 Å². The lowest BCUT2D eigenvalue weighted by Gasteiger charge is -2.14. The van der Waals surface area contributed by atoms with Crippen LogP contribution in [0.25, 0.3) is 0 Å². The highest BCUT2D eigenvalue weighted by Crippen LogP contribution is 2.20. The summed E-state index contributed by atoms with van der Waals surface area (Å²) in [4.78, 5) is 17.7. The first kappa shape index (κ1) is 14.5. The van der Waals surface area contributed by atoms with Crippen molar-refractivity contribution in [3.63, 3.8) is 0 Å². The van der Waals surface area contributed by atoms with Gasteiger partial charge in [-0.05, 0) is 36.4 Å². The first-order chi connectivity index (χ1) is 9.47. The second kappa shape index (κ2) is 6.05. The number of carbonyl (C=O) groups is 1. The largest absolute Gasteiger partial charge is 0.384 e. The predicted molar refractivity (Wildman–Crippen MR) is 82.9 cm³/mol. The zero-order valence-corrected chi connectivity index (χ0v) is 12.7. The van der Waals surface area contributed by atoms with Crippen molar-refractivity contribution in [2.24, 2.45) is 0 Å². The van der Waals surface area contributed by atoms with Gasteiger partial charge in [-0.25, -0.2) is 4.98 Å². The van der Waals surface area contributed by atoms with Crippen molar-refractivity contribution < 1.29 is 4.79 Å². The van der Waals surface area contributed by atoms with Crippen LogP contribution in [0.3, 0.4) is 0 Å². The molecule has 2 aromatic heterocycles. The lowest BCUT2D eigenvalue weighted by molar-refractivity contribution is 0.0940. The summed E-state index contributed by atoms with van der Waals surface area (Å²) >= 11 is 1.63. The van der Waals surface area contributed by atoms with Crippen LogP contribution < -0.4 is 11.1 Å². The zero-order valence-electron chi connectivity index (χ0n) is 11.9. The Morgan fingerprint density at radius 2 is 2.10 bits per heavy atom. The molecular weight excluding hydrogens is 270 g/mol. The molecule has 20 heavy (non-hydrogen) atoms. The molecule has 106 valence electrons. The molecule has 0 spiro atoms. The molecule has 1 atom stereocenters. The Morgan fingerprint density at radius 1 is 1.35 bits per heavy atom. The number of aromatic nitrogens is 1. The van der Waals surface area contributed by atoms with E-state index in [-0.39, 0.29) is 17.9 Å². The number of rotatable bonds is 4. The lowest BCUT2D eigenvalue weighted by Crippen LogP contribution is -2.26. The van der Waals surface area contributed by atoms with Crippen LogP contribution in [0.4, 0.5) is 5.82 Å². The Morgan fingerprint density at radius 3 is 2.70 bits per heavy atom. The quantitative estimate of drug-likeness (QED) is 0.907. The fourth-order valence-corrected chi connectivity index (χ4v) is 2.62. The van der Waals surface area contributed by atoms with Gasteiger partial charge in [0.15, 0.2) is 0 Å². The molecule has 0 saturated heterocycles. The Balaban J connectivity index is 2.17. The summed E-state index contributed by atoms with van der Waals surface area (Å²) in [5.41, 5.74) is 7.16. The van der Waals surface area contributed by atoms with Crippen LogP contribution in [0.1, 0.15) is 53.7 Å². The summed E-state index contributed by atoms with van der Waals surface area (Å²) in [5.74, 6) is 0.492. The summed E-state index contributed by atoms with van der Waals surface area (Å²) < 4.78 is 0. The van der Waals surface area contributed by atoms with Gasteiger partial charge in [-0.1, -0.05) is 19.9 Å². The van der Waals surface area contributed by atoms with E-state index < -0.39 is 0 Å². The number of carbonyl (C=O) groups excluding carboxylic acids is 1. The first-order valence-electron chi connectivity index (χ1n) is 6.59. The van der Waals surface area contributed by atoms with E-state index in [2.05, 4.69) is 10.3 Å². The summed E-state index contributed by atoms with van der Waals surface area (Å²) in [6.45, 7) is 6.02. The monoisotopic (exact) mass is 289 g/mol. The maximum Gasteiger partial charge on any atom is 0.251 e. The third kappa shape index (κ3) is 3.36. The molecule has 0 aliphatic carbocycles. The highest BCUT2D eigenvalue weighted by molar-refractivity contribution is 7.10. The number of nitrogen functional groups attached to an aromatic ring is 1. The molecule has 2 aromatic rings. The second-order valence-corrected chi connectivity index (χ2v) is 6.05. The molecular formula is C15H19N3OS. The van der Waals surface area contributed by atoms with Crippen LogP contribution in [0.2, 0.25) is 0 Å². The smallest absolute Gasteiger partial charge is 0.251 e. The Kier molecular flexibility index (Phi) is 4.39. The van der Waals surface area contributed by atoms with Gasteiger partial charge in [0.25, 0.3) is 5.91 Å². The van der Waals surface area contributed by atoms with Gasteiger partial charge in [-0.15, -0.1) is 11.3 Å². The molecule has 3 N–H and O–H groups in total. The normalized spacial score (nSPS) is 12.4. The maximum absolute atomic E-state index is 12.3. The van der Waals surface area contributed by atoms with Gasteiger partial charge in [0.1, 0.15) is 5.82 Å². The molecule has 5 heteroatoms. The summed E-state index contributed by atoms with van der Waals surface area (Å²) in [6, 6.07) is 7.39. The molecule has 1 amide bonds. The predicted octanol–water partition coefficient (Wildman–Crippen LogP) is 3.34. The van der Waals surface area contributed by atoms with E-state index in [1.165, 1.54) is 0 Å². The van der Waals surface area contributed by atoms with E-state index in [0.717, 1.165) is 10.6 Å². The minimum Gasteiger partial charge on any atom is -0.384 e. The van der Waals surface area contributed by atoms with Gasteiger partial charge >= 0.3 is 0 Å². The first-order valence-corrected chi connectivity index (χ1v) is 7.47. The average Bonchev–Trinajstić information content (AvgIpc) is 2.91. The Bertz CT molecular complexity index is 593. The number of pyridine rings is 1. The van der Waals surface area contributed by atoms with Crippen LogP contribution in [0.15, 0.2) is 29.6 Å². The summed E-state index contributed by atoms with van der Waals surface area (Å²) in [5, 5.41) is 4.98. The molecule has 2 rings (SSSR count). The summed E-state index contributed by atoms with van der Waals surface area (Å²) in [6.07, 6.45) is 0. The van der Waals surface area contributed by atoms with Crippen molar-refractivity contribution in [2.45, 2.75) is 32.7 Å². The van der Waals surface area contributed by atoms with Gasteiger partial charge in [-0.3, -0.25) is 4.79 Å². The number of nitrogens with one attached hydrogen (secondary N) is 1. The molecule has 0 bridgehead atoms. The molecule has 4 nitrogen and oxygen atoms in total. The average molecular weight is 289 g/mol. The molecule has 0 saturated carbocycles. The second-order valence-electron chi connectivity index (χ2n) is 5.07. The maximum atomic E-state index is 12.3. The van der Waals surface area contributed by atoms with Crippen molar-refractivity contribution in [1.82, 2.24) is 10.3 Å². The molecule has 2 heterocycles. The van der Waals surface area contributed by atoms with E-state index in [9.17, 15) is 4.79 Å². The van der Waals surface area contributed by atoms with E-state index >= 15 is 0 Å². The molecule has 1 unspecified atom stereocenters. The van der Waals surface area contributed by atoms with Crippen LogP contribution >= 0.6 is 11.3 Å². The zero-order chi connectivity index (χ0) is 14.7. The standard InChI is InChI=1S/C15H19N3OS/c1-9(2)12-7-11(8-14(16)18-12)15(19)17-10(3)13-5-4-6-20-13/h4-10H,1-3H3,(H2,16,18)(H,17,19). The number of nitrogens with two attached hydrogens (primary N) is 1. The third-order valence-corrected chi connectivity index (χ3v) is 4.09. The van der Waals surface area contributed by atoms with E-state index in [1.54, 1.807) is 23.5 Å². The number of amides is 1. The van der Waals surface area contributed by atoms with Crippen molar-refractivity contribution in [3.8, 4) is 0 Å². The van der Waals surface area contributed by atoms with Gasteiger partial charge in [-0.2, -0.15) is 0 Å². The van der Waals surface area contributed by atoms with Crippen LogP contribution in [0, 0.1) is 0 Å². The van der Waals surface area contributed by atoms with Crippen molar-refractivity contribution in [2.75, 3.05) is 5.73 Å². The minimum absolute atomic E-state index is 0.0145. The number of thiophene rings is 1. The van der Waals surface area contributed by atoms with E-state index in [1.807, 2.05) is 38.3 Å². The minimum atomic E-state index is -0.123. The van der Waals surface area contributed by atoms with E-state index in [0.29, 0.717) is 11.4 Å². The molecule has 0 aliphatic rings. The fraction of sp³-hybridized carbons (Fsp3) is 0.333. The molecule has 0 fully saturated rings. The Labute approximate surface area is 123 Å². The highest BCUT2D eigenvalue weighted by Gasteiger charge is 2.14. The van der Waals surface area contributed by atoms with Gasteiger partial charge < -0.3 is 11.1 Å². The van der Waals surface area contributed by atoms with Gasteiger partial charge in [0.2, 0.25) is 0 Å². The fourth-order valence-electron chi connectivity index (χ4n) is 1.89. The Hall–Kier alpha value is -1.88. The van der Waals surface area contributed by atoms with Crippen LogP contribution in [-0.2, 0) is 0 Å². The van der Waals surface area contributed by atoms with E-state index in [4.69, 9.17) is 5.73 Å². The lowest BCUT2D eigenvalue weighted by atomic mass is 10.1. The van der Waals surface area contributed by atoms with Crippen LogP contribution in [0.5, 0.6) is 0 Å². The molecule has 0 radical (unpaired) electrons. The third-order valence-electron chi connectivity index (χ3n) is 3.04. The van der Waals surface area contributed by atoms with Crippen molar-refractivity contribution in [1.29, 1.82) is 0 Å². The number of nitrogens with zero attached hydrogens (tertiary/aromatic N) is 1. The highest BCUT2D eigenvalue weighted by atomic mass is 32.1. The number of hydrogen-bond donors (Lipinski definition) is 2. The molecule has 0 aromatic carbocycles. The van der Waals surface area contributed by atoms with Crippen molar-refractivity contribution >= 4 is 23.1 Å². The topological polar surface area (TPSA) is 68.0 Å². The number of anilines is 1.